The van der Waals surface area contributed by atoms with Crippen molar-refractivity contribution in [2.24, 2.45) is 0 Å². The molecule has 2 rings (SSSR count). The Morgan fingerprint density at radius 2 is 1.75 bits per heavy atom. The van der Waals surface area contributed by atoms with Crippen molar-refractivity contribution in [3.63, 3.8) is 0 Å². The Kier molecular flexibility index (Phi) is 2.98. The monoisotopic (exact) mass is 253 g/mol. The Balaban J connectivity index is 2.28. The maximum absolute atomic E-state index is 12.0. The number of nitrogens with two attached hydrogens (primary N) is 1. The number of hydrogen-bond acceptors (Lipinski definition) is 4. The van der Waals surface area contributed by atoms with Crippen molar-refractivity contribution < 1.29 is 8.42 Å². The Bertz CT molecular complexity index is 573. The summed E-state index contributed by atoms with van der Waals surface area (Å²) in [6.45, 7) is 0. The lowest BCUT2D eigenvalue weighted by atomic mass is 10.2. The zero-order valence-electron chi connectivity index (χ0n) is 8.46. The van der Waals surface area contributed by atoms with Gasteiger partial charge < -0.3 is 5.73 Å². The molecule has 0 spiro atoms. The summed E-state index contributed by atoms with van der Waals surface area (Å²) in [5, 5.41) is 0.520. The highest BCUT2D eigenvalue weighted by Crippen LogP contribution is 2.26. The highest BCUT2D eigenvalue weighted by molar-refractivity contribution is 7.92. The Labute approximate surface area is 98.5 Å². The molecule has 2 N–H and O–H groups in total. The van der Waals surface area contributed by atoms with Crippen LogP contribution in [0.3, 0.4) is 0 Å². The van der Waals surface area contributed by atoms with E-state index in [1.165, 1.54) is 0 Å². The van der Waals surface area contributed by atoms with Gasteiger partial charge >= 0.3 is 0 Å². The molecule has 0 atom stereocenters. The van der Waals surface area contributed by atoms with Gasteiger partial charge in [0.15, 0.2) is 9.84 Å². The fraction of sp³-hybridized carbons (Fsp3) is 0.0909. The van der Waals surface area contributed by atoms with Crippen LogP contribution in [-0.4, -0.2) is 8.42 Å². The minimum Gasteiger partial charge on any atom is -0.391 e. The standard InChI is InChI=1S/C11H11NO2S2/c12-10-6-7-11(15-10)16(13,14)8-9-4-2-1-3-5-9/h1-7H,8,12H2. The van der Waals surface area contributed by atoms with E-state index < -0.39 is 9.84 Å². The molecule has 0 radical (unpaired) electrons. The van der Waals surface area contributed by atoms with E-state index in [2.05, 4.69) is 0 Å². The van der Waals surface area contributed by atoms with Crippen LogP contribution >= 0.6 is 11.3 Å². The van der Waals surface area contributed by atoms with Crippen LogP contribution in [0.2, 0.25) is 0 Å². The number of hydrogen-bond donors (Lipinski definition) is 1. The summed E-state index contributed by atoms with van der Waals surface area (Å²) in [6, 6.07) is 12.3. The van der Waals surface area contributed by atoms with E-state index >= 15 is 0 Å². The number of nitrogen functional groups attached to an aromatic ring is 1. The fourth-order valence-corrected chi connectivity index (χ4v) is 3.89. The smallest absolute Gasteiger partial charge is 0.191 e. The van der Waals surface area contributed by atoms with Crippen LogP contribution in [0.4, 0.5) is 5.00 Å². The quantitative estimate of drug-likeness (QED) is 0.913. The molecule has 1 aromatic heterocycles. The third kappa shape index (κ3) is 2.43. The first-order valence-electron chi connectivity index (χ1n) is 4.70. The average molecular weight is 253 g/mol. The fourth-order valence-electron chi connectivity index (χ4n) is 1.37. The molecular weight excluding hydrogens is 242 g/mol. The summed E-state index contributed by atoms with van der Waals surface area (Å²) < 4.78 is 24.3. The molecule has 16 heavy (non-hydrogen) atoms. The van der Waals surface area contributed by atoms with E-state index in [0.29, 0.717) is 9.21 Å². The van der Waals surface area contributed by atoms with Gasteiger partial charge in [0, 0.05) is 0 Å². The summed E-state index contributed by atoms with van der Waals surface area (Å²) in [7, 11) is -3.25. The first kappa shape index (κ1) is 11.2. The third-order valence-electron chi connectivity index (χ3n) is 2.11. The molecule has 0 saturated carbocycles. The zero-order chi connectivity index (χ0) is 11.6. The van der Waals surface area contributed by atoms with Gasteiger partial charge in [0.1, 0.15) is 4.21 Å². The summed E-state index contributed by atoms with van der Waals surface area (Å²) in [5.74, 6) is 0.0216. The zero-order valence-corrected chi connectivity index (χ0v) is 10.1. The van der Waals surface area contributed by atoms with E-state index in [1.54, 1.807) is 24.3 Å². The van der Waals surface area contributed by atoms with Crippen molar-refractivity contribution in [1.29, 1.82) is 0 Å². The van der Waals surface area contributed by atoms with Crippen LogP contribution < -0.4 is 5.73 Å². The van der Waals surface area contributed by atoms with Gasteiger partial charge in [-0.25, -0.2) is 8.42 Å². The highest BCUT2D eigenvalue weighted by atomic mass is 32.2. The second-order valence-corrected chi connectivity index (χ2v) is 6.73. The molecule has 0 aliphatic rings. The summed E-state index contributed by atoms with van der Waals surface area (Å²) in [5.41, 5.74) is 6.31. The topological polar surface area (TPSA) is 60.2 Å². The van der Waals surface area contributed by atoms with Gasteiger partial charge in [-0.2, -0.15) is 0 Å². The molecule has 1 aromatic carbocycles. The second kappa shape index (κ2) is 4.27. The lowest BCUT2D eigenvalue weighted by Crippen LogP contribution is -2.02. The van der Waals surface area contributed by atoms with E-state index in [9.17, 15) is 8.42 Å². The average Bonchev–Trinajstić information content (AvgIpc) is 2.66. The van der Waals surface area contributed by atoms with E-state index in [0.717, 1.165) is 16.9 Å². The molecule has 0 fully saturated rings. The van der Waals surface area contributed by atoms with Crippen LogP contribution in [0.15, 0.2) is 46.7 Å². The van der Waals surface area contributed by atoms with Crippen LogP contribution in [-0.2, 0) is 15.6 Å². The third-order valence-corrected chi connectivity index (χ3v) is 5.29. The summed E-state index contributed by atoms with van der Waals surface area (Å²) >= 11 is 1.10. The summed E-state index contributed by atoms with van der Waals surface area (Å²) in [4.78, 5) is 0. The van der Waals surface area contributed by atoms with E-state index in [1.807, 2.05) is 18.2 Å². The van der Waals surface area contributed by atoms with Gasteiger partial charge in [0.2, 0.25) is 0 Å². The van der Waals surface area contributed by atoms with Crippen molar-refractivity contribution in [2.45, 2.75) is 9.96 Å². The maximum Gasteiger partial charge on any atom is 0.191 e. The number of benzene rings is 1. The molecule has 0 unspecified atom stereocenters. The van der Waals surface area contributed by atoms with Gasteiger partial charge in [-0.15, -0.1) is 11.3 Å². The van der Waals surface area contributed by atoms with Crippen molar-refractivity contribution in [2.75, 3.05) is 5.73 Å². The number of sulfone groups is 1. The van der Waals surface area contributed by atoms with Gasteiger partial charge in [0.25, 0.3) is 0 Å². The van der Waals surface area contributed by atoms with Gasteiger partial charge in [-0.3, -0.25) is 0 Å². The summed E-state index contributed by atoms with van der Waals surface area (Å²) in [6.07, 6.45) is 0. The molecule has 84 valence electrons. The van der Waals surface area contributed by atoms with Crippen molar-refractivity contribution in [1.82, 2.24) is 0 Å². The molecule has 2 aromatic rings. The Hall–Kier alpha value is -1.33. The van der Waals surface area contributed by atoms with Gasteiger partial charge in [-0.1, -0.05) is 30.3 Å². The largest absolute Gasteiger partial charge is 0.391 e. The predicted molar refractivity (Wildman–Crippen MR) is 66.1 cm³/mol. The molecule has 3 nitrogen and oxygen atoms in total. The molecule has 0 saturated heterocycles. The number of thiophene rings is 1. The second-order valence-electron chi connectivity index (χ2n) is 3.40. The molecule has 0 amide bonds. The van der Waals surface area contributed by atoms with E-state index in [-0.39, 0.29) is 5.75 Å². The molecule has 1 heterocycles. The highest BCUT2D eigenvalue weighted by Gasteiger charge is 2.17. The molecule has 0 bridgehead atoms. The minimum atomic E-state index is -3.25. The lowest BCUT2D eigenvalue weighted by molar-refractivity contribution is 0.597. The SMILES string of the molecule is Nc1ccc(S(=O)(=O)Cc2ccccc2)s1. The van der Waals surface area contributed by atoms with Crippen LogP contribution in [0, 0.1) is 0 Å². The van der Waals surface area contributed by atoms with Crippen LogP contribution in [0.1, 0.15) is 5.56 Å². The predicted octanol–water partition coefficient (Wildman–Crippen LogP) is 2.30. The Morgan fingerprint density at radius 1 is 1.06 bits per heavy atom. The van der Waals surface area contributed by atoms with Crippen LogP contribution in [0.25, 0.3) is 0 Å². The molecule has 5 heteroatoms. The minimum absolute atomic E-state index is 0.0216. The van der Waals surface area contributed by atoms with E-state index in [4.69, 9.17) is 5.73 Å². The Morgan fingerprint density at radius 3 is 2.31 bits per heavy atom. The van der Waals surface area contributed by atoms with Crippen molar-refractivity contribution in [3.8, 4) is 0 Å². The number of anilines is 1. The number of rotatable bonds is 3. The van der Waals surface area contributed by atoms with Crippen molar-refractivity contribution >= 4 is 26.2 Å². The van der Waals surface area contributed by atoms with Crippen LogP contribution in [0.5, 0.6) is 0 Å². The molecule has 0 aliphatic heterocycles. The first-order valence-corrected chi connectivity index (χ1v) is 7.17. The van der Waals surface area contributed by atoms with Gasteiger partial charge in [0.05, 0.1) is 10.8 Å². The molecule has 0 aliphatic carbocycles. The molecular formula is C11H11NO2S2. The first-order chi connectivity index (χ1) is 7.58. The normalized spacial score (nSPS) is 11.5. The van der Waals surface area contributed by atoms with Crippen molar-refractivity contribution in [3.05, 3.63) is 48.0 Å². The maximum atomic E-state index is 12.0. The lowest BCUT2D eigenvalue weighted by Gasteiger charge is -2.01. The van der Waals surface area contributed by atoms with Gasteiger partial charge in [-0.05, 0) is 17.7 Å².